The van der Waals surface area contributed by atoms with Crippen molar-refractivity contribution in [1.29, 1.82) is 0 Å². The lowest BCUT2D eigenvalue weighted by Crippen LogP contribution is -2.37. The highest BCUT2D eigenvalue weighted by Gasteiger charge is 2.17. The number of rotatable bonds is 4. The summed E-state index contributed by atoms with van der Waals surface area (Å²) >= 11 is 0. The number of aromatic nitrogens is 3. The molecule has 0 aliphatic carbocycles. The maximum atomic E-state index is 11.1. The molecule has 1 saturated heterocycles. The van der Waals surface area contributed by atoms with Crippen LogP contribution in [0.25, 0.3) is 0 Å². The fourth-order valence-corrected chi connectivity index (χ4v) is 2.16. The Kier molecular flexibility index (Phi) is 3.71. The predicted octanol–water partition coefficient (Wildman–Crippen LogP) is -1.26. The molecule has 0 saturated carbocycles. The first kappa shape index (κ1) is 13.1. The average Bonchev–Trinajstić information content (AvgIpc) is 2.68. The fourth-order valence-electron chi connectivity index (χ4n) is 1.66. The van der Waals surface area contributed by atoms with Crippen molar-refractivity contribution < 1.29 is 13.2 Å². The van der Waals surface area contributed by atoms with Gasteiger partial charge in [0.25, 0.3) is 0 Å². The maximum Gasteiger partial charge on any atom is 0.246 e. The van der Waals surface area contributed by atoms with Crippen molar-refractivity contribution in [2.24, 2.45) is 0 Å². The Bertz CT molecular complexity index is 506. The van der Waals surface area contributed by atoms with Crippen molar-refractivity contribution in [3.05, 3.63) is 0 Å². The van der Waals surface area contributed by atoms with Gasteiger partial charge in [0.1, 0.15) is 9.84 Å². The molecule has 0 bridgehead atoms. The molecular weight excluding hydrogens is 258 g/mol. The van der Waals surface area contributed by atoms with Crippen LogP contribution < -0.4 is 10.6 Å². The summed E-state index contributed by atoms with van der Waals surface area (Å²) < 4.78 is 28.8. The molecule has 0 aromatic carbocycles. The summed E-state index contributed by atoms with van der Waals surface area (Å²) in [6, 6.07) is 0. The van der Waals surface area contributed by atoms with Gasteiger partial charge in [0.2, 0.25) is 11.9 Å². The molecular formula is C9H17N5O3S. The lowest BCUT2D eigenvalue weighted by molar-refractivity contribution is 0.122. The molecule has 9 heteroatoms. The highest BCUT2D eigenvalue weighted by atomic mass is 32.2. The van der Waals surface area contributed by atoms with E-state index in [1.165, 1.54) is 10.9 Å². The van der Waals surface area contributed by atoms with Crippen LogP contribution in [0.2, 0.25) is 0 Å². The van der Waals surface area contributed by atoms with Crippen molar-refractivity contribution in [2.75, 3.05) is 48.9 Å². The molecule has 1 fully saturated rings. The summed E-state index contributed by atoms with van der Waals surface area (Å²) in [5, 5.41) is 4.22. The molecule has 18 heavy (non-hydrogen) atoms. The summed E-state index contributed by atoms with van der Waals surface area (Å²) in [7, 11) is -3.03. The van der Waals surface area contributed by atoms with Crippen LogP contribution in [0.15, 0.2) is 0 Å². The van der Waals surface area contributed by atoms with Crippen molar-refractivity contribution in [3.8, 4) is 0 Å². The van der Waals surface area contributed by atoms with E-state index >= 15 is 0 Å². The zero-order valence-corrected chi connectivity index (χ0v) is 11.1. The fraction of sp³-hybridized carbons (Fsp3) is 0.778. The summed E-state index contributed by atoms with van der Waals surface area (Å²) in [6.07, 6.45) is 1.18. The lowest BCUT2D eigenvalue weighted by Gasteiger charge is -2.25. The van der Waals surface area contributed by atoms with E-state index in [1.807, 2.05) is 4.90 Å². The Morgan fingerprint density at radius 3 is 2.67 bits per heavy atom. The smallest absolute Gasteiger partial charge is 0.246 e. The first-order valence-corrected chi connectivity index (χ1v) is 7.72. The topological polar surface area (TPSA) is 103 Å². The van der Waals surface area contributed by atoms with E-state index in [2.05, 4.69) is 10.1 Å². The van der Waals surface area contributed by atoms with Gasteiger partial charge >= 0.3 is 0 Å². The molecule has 102 valence electrons. The SMILES string of the molecule is CS(=O)(=O)CCn1nc(N2CCOCC2)nc1N. The predicted molar refractivity (Wildman–Crippen MR) is 67.2 cm³/mol. The van der Waals surface area contributed by atoms with Gasteiger partial charge in [-0.3, -0.25) is 0 Å². The molecule has 1 aromatic rings. The van der Waals surface area contributed by atoms with Crippen molar-refractivity contribution >= 4 is 21.7 Å². The molecule has 0 unspecified atom stereocenters. The first-order chi connectivity index (χ1) is 8.46. The van der Waals surface area contributed by atoms with Gasteiger partial charge in [0.15, 0.2) is 0 Å². The monoisotopic (exact) mass is 275 g/mol. The van der Waals surface area contributed by atoms with Crippen LogP contribution >= 0.6 is 0 Å². The van der Waals surface area contributed by atoms with Crippen LogP contribution in [-0.4, -0.2) is 61.5 Å². The largest absolute Gasteiger partial charge is 0.378 e. The van der Waals surface area contributed by atoms with Crippen LogP contribution in [-0.2, 0) is 21.1 Å². The van der Waals surface area contributed by atoms with E-state index in [-0.39, 0.29) is 18.2 Å². The van der Waals surface area contributed by atoms with Crippen LogP contribution in [0.5, 0.6) is 0 Å². The average molecular weight is 275 g/mol. The van der Waals surface area contributed by atoms with Crippen LogP contribution in [0.3, 0.4) is 0 Å². The van der Waals surface area contributed by atoms with Gasteiger partial charge in [-0.1, -0.05) is 0 Å². The Morgan fingerprint density at radius 1 is 1.39 bits per heavy atom. The number of morpholine rings is 1. The Morgan fingerprint density at radius 2 is 2.06 bits per heavy atom. The van der Waals surface area contributed by atoms with Gasteiger partial charge in [-0.25, -0.2) is 13.1 Å². The van der Waals surface area contributed by atoms with Crippen molar-refractivity contribution in [2.45, 2.75) is 6.54 Å². The summed E-state index contributed by atoms with van der Waals surface area (Å²) in [6.45, 7) is 2.93. The molecule has 1 aromatic heterocycles. The van der Waals surface area contributed by atoms with Crippen LogP contribution in [0, 0.1) is 0 Å². The normalized spacial score (nSPS) is 17.1. The van der Waals surface area contributed by atoms with E-state index in [4.69, 9.17) is 10.5 Å². The second kappa shape index (κ2) is 5.11. The number of hydrogen-bond acceptors (Lipinski definition) is 7. The minimum Gasteiger partial charge on any atom is -0.378 e. The molecule has 0 spiro atoms. The Balaban J connectivity index is 2.06. The molecule has 0 atom stereocenters. The second-order valence-corrected chi connectivity index (χ2v) is 6.48. The quantitative estimate of drug-likeness (QED) is 0.731. The van der Waals surface area contributed by atoms with E-state index in [9.17, 15) is 8.42 Å². The molecule has 2 rings (SSSR count). The molecule has 2 heterocycles. The summed E-state index contributed by atoms with van der Waals surface area (Å²) in [4.78, 5) is 6.11. The molecule has 0 radical (unpaired) electrons. The zero-order chi connectivity index (χ0) is 13.2. The zero-order valence-electron chi connectivity index (χ0n) is 10.2. The summed E-state index contributed by atoms with van der Waals surface area (Å²) in [5.74, 6) is 0.771. The van der Waals surface area contributed by atoms with Crippen LogP contribution in [0.1, 0.15) is 0 Å². The number of ether oxygens (including phenoxy) is 1. The van der Waals surface area contributed by atoms with E-state index < -0.39 is 9.84 Å². The third-order valence-electron chi connectivity index (χ3n) is 2.66. The van der Waals surface area contributed by atoms with Crippen molar-refractivity contribution in [3.63, 3.8) is 0 Å². The number of nitrogens with zero attached hydrogens (tertiary/aromatic N) is 4. The maximum absolute atomic E-state index is 11.1. The molecule has 1 aliphatic rings. The number of sulfone groups is 1. The second-order valence-electron chi connectivity index (χ2n) is 4.22. The molecule has 0 amide bonds. The Labute approximate surface area is 106 Å². The molecule has 8 nitrogen and oxygen atoms in total. The number of hydrogen-bond donors (Lipinski definition) is 1. The van der Waals surface area contributed by atoms with Gasteiger partial charge in [0, 0.05) is 19.3 Å². The third kappa shape index (κ3) is 3.33. The van der Waals surface area contributed by atoms with Crippen molar-refractivity contribution in [1.82, 2.24) is 14.8 Å². The first-order valence-electron chi connectivity index (χ1n) is 5.66. The standard InChI is InChI=1S/C9H17N5O3S/c1-18(15,16)7-4-14-8(10)11-9(12-14)13-2-5-17-6-3-13/h2-7H2,1H3,(H2,10,11,12). The van der Waals surface area contributed by atoms with Crippen LogP contribution in [0.4, 0.5) is 11.9 Å². The van der Waals surface area contributed by atoms with Gasteiger partial charge in [-0.2, -0.15) is 4.98 Å². The minimum atomic E-state index is -3.03. The highest BCUT2D eigenvalue weighted by molar-refractivity contribution is 7.90. The lowest BCUT2D eigenvalue weighted by atomic mass is 10.4. The Hall–Kier alpha value is -1.35. The van der Waals surface area contributed by atoms with Gasteiger partial charge in [-0.15, -0.1) is 5.10 Å². The van der Waals surface area contributed by atoms with Gasteiger partial charge in [-0.05, 0) is 0 Å². The number of nitrogen functional groups attached to an aromatic ring is 1. The van der Waals surface area contributed by atoms with E-state index in [0.717, 1.165) is 13.1 Å². The molecule has 1 aliphatic heterocycles. The van der Waals surface area contributed by atoms with Gasteiger partial charge < -0.3 is 15.4 Å². The van der Waals surface area contributed by atoms with E-state index in [1.54, 1.807) is 0 Å². The number of nitrogens with two attached hydrogens (primary N) is 1. The third-order valence-corrected chi connectivity index (χ3v) is 3.58. The minimum absolute atomic E-state index is 0.00309. The number of aryl methyl sites for hydroxylation is 1. The van der Waals surface area contributed by atoms with Gasteiger partial charge in [0.05, 0.1) is 25.5 Å². The number of anilines is 2. The summed E-state index contributed by atoms with van der Waals surface area (Å²) in [5.41, 5.74) is 5.71. The van der Waals surface area contributed by atoms with E-state index in [0.29, 0.717) is 19.2 Å². The molecule has 2 N–H and O–H groups in total. The highest BCUT2D eigenvalue weighted by Crippen LogP contribution is 2.12.